The first-order valence-corrected chi connectivity index (χ1v) is 5.46. The Labute approximate surface area is 95.7 Å². The van der Waals surface area contributed by atoms with Crippen LogP contribution >= 0.6 is 15.9 Å². The monoisotopic (exact) mass is 264 g/mol. The van der Waals surface area contributed by atoms with Crippen molar-refractivity contribution in [1.29, 1.82) is 0 Å². The van der Waals surface area contributed by atoms with Crippen LogP contribution in [0, 0.1) is 0 Å². The number of carboxylic acids is 1. The quantitative estimate of drug-likeness (QED) is 0.845. The molecule has 0 spiro atoms. The van der Waals surface area contributed by atoms with E-state index in [1.54, 1.807) is 0 Å². The minimum atomic E-state index is -0.869. The van der Waals surface area contributed by atoms with Gasteiger partial charge in [-0.1, -0.05) is 58.4 Å². The second-order valence-corrected chi connectivity index (χ2v) is 4.18. The van der Waals surface area contributed by atoms with Crippen LogP contribution in [0.2, 0.25) is 0 Å². The highest BCUT2D eigenvalue weighted by Crippen LogP contribution is 2.29. The van der Waals surface area contributed by atoms with Gasteiger partial charge in [0.1, 0.15) is 4.83 Å². The highest BCUT2D eigenvalue weighted by Gasteiger charge is 2.17. The number of hydrogen-bond donors (Lipinski definition) is 1. The van der Waals surface area contributed by atoms with Crippen molar-refractivity contribution in [2.45, 2.75) is 4.83 Å². The van der Waals surface area contributed by atoms with Gasteiger partial charge in [-0.25, -0.2) is 0 Å². The lowest BCUT2D eigenvalue weighted by molar-refractivity contribution is -0.136. The summed E-state index contributed by atoms with van der Waals surface area (Å²) in [6.45, 7) is 0. The number of benzene rings is 2. The maximum atomic E-state index is 10.9. The highest BCUT2D eigenvalue weighted by atomic mass is 79.9. The van der Waals surface area contributed by atoms with E-state index in [0.29, 0.717) is 0 Å². The van der Waals surface area contributed by atoms with Crippen LogP contribution in [0.3, 0.4) is 0 Å². The molecule has 1 N–H and O–H groups in total. The number of halogens is 1. The molecule has 0 amide bonds. The van der Waals surface area contributed by atoms with Crippen molar-refractivity contribution in [3.63, 3.8) is 0 Å². The number of rotatable bonds is 2. The van der Waals surface area contributed by atoms with Gasteiger partial charge in [0.15, 0.2) is 0 Å². The fourth-order valence-electron chi connectivity index (χ4n) is 1.60. The Kier molecular flexibility index (Phi) is 2.73. The van der Waals surface area contributed by atoms with E-state index in [-0.39, 0.29) is 0 Å². The first-order chi connectivity index (χ1) is 7.20. The van der Waals surface area contributed by atoms with Crippen LogP contribution < -0.4 is 0 Å². The van der Waals surface area contributed by atoms with Crippen molar-refractivity contribution in [2.75, 3.05) is 0 Å². The van der Waals surface area contributed by atoms with Gasteiger partial charge < -0.3 is 5.11 Å². The zero-order valence-electron chi connectivity index (χ0n) is 7.85. The summed E-state index contributed by atoms with van der Waals surface area (Å²) in [5, 5.41) is 11.0. The first-order valence-electron chi connectivity index (χ1n) is 4.54. The third-order valence-corrected chi connectivity index (χ3v) is 3.20. The second-order valence-electron chi connectivity index (χ2n) is 3.27. The molecule has 2 nitrogen and oxygen atoms in total. The van der Waals surface area contributed by atoms with Crippen LogP contribution in [-0.2, 0) is 4.79 Å². The van der Waals surface area contributed by atoms with Crippen LogP contribution in [0.1, 0.15) is 10.4 Å². The van der Waals surface area contributed by atoms with E-state index < -0.39 is 10.8 Å². The lowest BCUT2D eigenvalue weighted by Gasteiger charge is -2.08. The average molecular weight is 265 g/mol. The smallest absolute Gasteiger partial charge is 0.321 e. The summed E-state index contributed by atoms with van der Waals surface area (Å²) in [4.78, 5) is 10.2. The topological polar surface area (TPSA) is 37.3 Å². The molecular weight excluding hydrogens is 256 g/mol. The molecule has 0 aliphatic carbocycles. The number of fused-ring (bicyclic) bond motifs is 1. The van der Waals surface area contributed by atoms with Gasteiger partial charge in [-0.3, -0.25) is 4.79 Å². The predicted octanol–water partition coefficient (Wildman–Crippen LogP) is 3.36. The van der Waals surface area contributed by atoms with Gasteiger partial charge in [0, 0.05) is 0 Å². The third-order valence-electron chi connectivity index (χ3n) is 2.31. The summed E-state index contributed by atoms with van der Waals surface area (Å²) >= 11 is 3.17. The van der Waals surface area contributed by atoms with Crippen molar-refractivity contribution >= 4 is 32.7 Å². The highest BCUT2D eigenvalue weighted by molar-refractivity contribution is 9.09. The molecule has 3 heteroatoms. The van der Waals surface area contributed by atoms with E-state index in [2.05, 4.69) is 15.9 Å². The zero-order valence-corrected chi connectivity index (χ0v) is 9.44. The molecule has 0 aliphatic heterocycles. The molecule has 0 aromatic heterocycles. The van der Waals surface area contributed by atoms with Gasteiger partial charge in [0.05, 0.1) is 0 Å². The van der Waals surface area contributed by atoms with Gasteiger partial charge in [0.25, 0.3) is 0 Å². The number of aliphatic carboxylic acids is 1. The number of hydrogen-bond acceptors (Lipinski definition) is 1. The molecule has 1 atom stereocenters. The van der Waals surface area contributed by atoms with Crippen LogP contribution in [0.25, 0.3) is 10.8 Å². The molecule has 0 radical (unpaired) electrons. The Balaban J connectivity index is 2.65. The Morgan fingerprint density at radius 2 is 1.80 bits per heavy atom. The van der Waals surface area contributed by atoms with Gasteiger partial charge in [-0.05, 0) is 16.3 Å². The SMILES string of the molecule is O=C(O)[C@H](Br)c1cccc2ccccc12. The molecule has 0 unspecified atom stereocenters. The predicted molar refractivity (Wildman–Crippen MR) is 63.3 cm³/mol. The van der Waals surface area contributed by atoms with Crippen molar-refractivity contribution in [3.05, 3.63) is 48.0 Å². The summed E-state index contributed by atoms with van der Waals surface area (Å²) in [7, 11) is 0. The van der Waals surface area contributed by atoms with Gasteiger partial charge in [-0.2, -0.15) is 0 Å². The van der Waals surface area contributed by atoms with E-state index in [1.807, 2.05) is 42.5 Å². The van der Waals surface area contributed by atoms with Crippen molar-refractivity contribution in [2.24, 2.45) is 0 Å². The van der Waals surface area contributed by atoms with Crippen LogP contribution in [0.4, 0.5) is 0 Å². The minimum absolute atomic E-state index is 0.649. The Morgan fingerprint density at radius 1 is 1.13 bits per heavy atom. The number of carboxylic acid groups (broad SMARTS) is 1. The zero-order chi connectivity index (χ0) is 10.8. The summed E-state index contributed by atoms with van der Waals surface area (Å²) in [6.07, 6.45) is 0. The van der Waals surface area contributed by atoms with Crippen LogP contribution in [0.5, 0.6) is 0 Å². The van der Waals surface area contributed by atoms with E-state index >= 15 is 0 Å². The maximum absolute atomic E-state index is 10.9. The van der Waals surface area contributed by atoms with Crippen molar-refractivity contribution in [3.8, 4) is 0 Å². The van der Waals surface area contributed by atoms with E-state index in [4.69, 9.17) is 5.11 Å². The molecule has 2 rings (SSSR count). The lowest BCUT2D eigenvalue weighted by Crippen LogP contribution is -2.04. The van der Waals surface area contributed by atoms with Crippen LogP contribution in [-0.4, -0.2) is 11.1 Å². The van der Waals surface area contributed by atoms with Gasteiger partial charge in [0.2, 0.25) is 0 Å². The minimum Gasteiger partial charge on any atom is -0.480 e. The van der Waals surface area contributed by atoms with Crippen molar-refractivity contribution in [1.82, 2.24) is 0 Å². The molecule has 76 valence electrons. The largest absolute Gasteiger partial charge is 0.480 e. The van der Waals surface area contributed by atoms with E-state index in [1.165, 1.54) is 0 Å². The molecular formula is C12H9BrO2. The lowest BCUT2D eigenvalue weighted by atomic mass is 10.0. The molecule has 0 bridgehead atoms. The molecule has 2 aromatic carbocycles. The molecule has 0 saturated carbocycles. The number of carbonyl (C=O) groups is 1. The normalized spacial score (nSPS) is 12.6. The second kappa shape index (κ2) is 4.03. The number of alkyl halides is 1. The average Bonchev–Trinajstić information content (AvgIpc) is 2.27. The van der Waals surface area contributed by atoms with Gasteiger partial charge in [-0.15, -0.1) is 0 Å². The summed E-state index contributed by atoms with van der Waals surface area (Å²) in [5.74, 6) is -0.869. The Bertz CT molecular complexity index is 502. The fraction of sp³-hybridized carbons (Fsp3) is 0.0833. The summed E-state index contributed by atoms with van der Waals surface area (Å²) in [5.41, 5.74) is 0.792. The molecule has 0 heterocycles. The third kappa shape index (κ3) is 1.88. The molecule has 2 aromatic rings. The Morgan fingerprint density at radius 3 is 2.53 bits per heavy atom. The van der Waals surface area contributed by atoms with Crippen LogP contribution in [0.15, 0.2) is 42.5 Å². The summed E-state index contributed by atoms with van der Waals surface area (Å²) in [6, 6.07) is 13.4. The Hall–Kier alpha value is -1.35. The molecule has 0 saturated heterocycles. The van der Waals surface area contributed by atoms with Gasteiger partial charge >= 0.3 is 5.97 Å². The summed E-state index contributed by atoms with van der Waals surface area (Å²) < 4.78 is 0. The fourth-order valence-corrected chi connectivity index (χ4v) is 2.00. The van der Waals surface area contributed by atoms with E-state index in [0.717, 1.165) is 16.3 Å². The maximum Gasteiger partial charge on any atom is 0.321 e. The molecule has 15 heavy (non-hydrogen) atoms. The van der Waals surface area contributed by atoms with Crippen molar-refractivity contribution < 1.29 is 9.90 Å². The molecule has 0 aliphatic rings. The standard InChI is InChI=1S/C12H9BrO2/c13-11(12(14)15)10-7-3-5-8-4-1-2-6-9(8)10/h1-7,11H,(H,14,15)/t11-/m1/s1. The molecule has 0 fully saturated rings. The first kappa shape index (κ1) is 10.2. The van der Waals surface area contributed by atoms with E-state index in [9.17, 15) is 4.79 Å².